The first-order valence-electron chi connectivity index (χ1n) is 6.16. The number of guanidine groups is 1. The molecule has 0 aliphatic heterocycles. The summed E-state index contributed by atoms with van der Waals surface area (Å²) in [5.74, 6) is -0.274. The van der Waals surface area contributed by atoms with Gasteiger partial charge < -0.3 is 11.5 Å². The molecule has 9 heteroatoms. The molecule has 2 rings (SSSR count). The van der Waals surface area contributed by atoms with Crippen molar-refractivity contribution in [1.29, 1.82) is 0 Å². The van der Waals surface area contributed by atoms with Crippen LogP contribution in [0.4, 0.5) is 10.8 Å². The number of benzene rings is 1. The van der Waals surface area contributed by atoms with E-state index < -0.39 is 0 Å². The van der Waals surface area contributed by atoms with Gasteiger partial charge in [-0.1, -0.05) is 29.0 Å². The lowest BCUT2D eigenvalue weighted by Crippen LogP contribution is -2.27. The first-order chi connectivity index (χ1) is 10.5. The van der Waals surface area contributed by atoms with E-state index in [1.165, 1.54) is 29.4 Å². The van der Waals surface area contributed by atoms with Gasteiger partial charge in [0.25, 0.3) is 0 Å². The number of aromatic amines is 1. The van der Waals surface area contributed by atoms with Crippen LogP contribution in [0.3, 0.4) is 0 Å². The number of nitrogens with zero attached hydrogens (tertiary/aromatic N) is 3. The minimum absolute atomic E-state index is 0.129. The number of carbonyl (C=O) groups excluding carboxylic acids is 1. The molecule has 114 valence electrons. The average Bonchev–Trinajstić information content (AvgIpc) is 2.86. The predicted octanol–water partition coefficient (Wildman–Crippen LogP) is 1.51. The molecule has 1 amide bonds. The van der Waals surface area contributed by atoms with Crippen LogP contribution in [0.2, 0.25) is 5.02 Å². The fraction of sp³-hybridized carbons (Fsp3) is 0.0769. The first kappa shape index (κ1) is 15.9. The van der Waals surface area contributed by atoms with Gasteiger partial charge in [-0.05, 0) is 12.1 Å². The van der Waals surface area contributed by atoms with E-state index >= 15 is 0 Å². The SMILES string of the molecule is CC(=O)N(c1cccc(Cl)c1)c1[nH+]c(/C=N\N=C(N)N)cs1. The maximum absolute atomic E-state index is 11.9. The Labute approximate surface area is 135 Å². The molecule has 1 heterocycles. The van der Waals surface area contributed by atoms with Crippen molar-refractivity contribution in [3.8, 4) is 0 Å². The minimum atomic E-state index is -0.145. The van der Waals surface area contributed by atoms with Gasteiger partial charge >= 0.3 is 11.0 Å². The number of hydrogen-bond donors (Lipinski definition) is 2. The van der Waals surface area contributed by atoms with E-state index in [4.69, 9.17) is 23.1 Å². The van der Waals surface area contributed by atoms with Crippen LogP contribution < -0.4 is 21.4 Å². The minimum Gasteiger partial charge on any atom is -0.369 e. The smallest absolute Gasteiger partial charge is 0.347 e. The zero-order valence-corrected chi connectivity index (χ0v) is 13.2. The number of halogens is 1. The Bertz CT molecular complexity index is 738. The summed E-state index contributed by atoms with van der Waals surface area (Å²) in [7, 11) is 0. The molecule has 1 aromatic heterocycles. The molecular formula is C13H14ClN6OS+. The van der Waals surface area contributed by atoms with Gasteiger partial charge in [-0.15, -0.1) is 5.10 Å². The van der Waals surface area contributed by atoms with Crippen LogP contribution in [0.1, 0.15) is 12.6 Å². The van der Waals surface area contributed by atoms with Crippen molar-refractivity contribution in [2.75, 3.05) is 4.90 Å². The maximum Gasteiger partial charge on any atom is 0.347 e. The Morgan fingerprint density at radius 2 is 2.23 bits per heavy atom. The summed E-state index contributed by atoms with van der Waals surface area (Å²) in [4.78, 5) is 16.5. The molecule has 5 N–H and O–H groups in total. The van der Waals surface area contributed by atoms with Gasteiger partial charge in [-0.25, -0.2) is 9.78 Å². The van der Waals surface area contributed by atoms with Crippen molar-refractivity contribution >= 4 is 51.8 Å². The molecule has 7 nitrogen and oxygen atoms in total. The Balaban J connectivity index is 2.31. The van der Waals surface area contributed by atoms with Gasteiger partial charge in [0.1, 0.15) is 5.69 Å². The number of rotatable bonds is 4. The highest BCUT2D eigenvalue weighted by Gasteiger charge is 2.26. The van der Waals surface area contributed by atoms with Gasteiger partial charge in [0.15, 0.2) is 5.69 Å². The summed E-state index contributed by atoms with van der Waals surface area (Å²) in [6, 6.07) is 7.04. The second kappa shape index (κ2) is 7.01. The maximum atomic E-state index is 11.9. The highest BCUT2D eigenvalue weighted by molar-refractivity contribution is 7.13. The number of aromatic nitrogens is 1. The molecule has 0 spiro atoms. The highest BCUT2D eigenvalue weighted by Crippen LogP contribution is 2.27. The number of thiazole rings is 1. The molecule has 0 fully saturated rings. The Hall–Kier alpha value is -2.45. The first-order valence-corrected chi connectivity index (χ1v) is 7.42. The van der Waals surface area contributed by atoms with Crippen molar-refractivity contribution in [2.45, 2.75) is 6.92 Å². The number of amides is 1. The van der Waals surface area contributed by atoms with Crippen LogP contribution in [-0.4, -0.2) is 18.1 Å². The Morgan fingerprint density at radius 1 is 1.45 bits per heavy atom. The number of nitrogens with one attached hydrogen (secondary N) is 1. The molecule has 0 aliphatic carbocycles. The van der Waals surface area contributed by atoms with E-state index in [2.05, 4.69) is 15.2 Å². The summed E-state index contributed by atoms with van der Waals surface area (Å²) in [6.45, 7) is 1.47. The van der Waals surface area contributed by atoms with Crippen LogP contribution in [0, 0.1) is 0 Å². The monoisotopic (exact) mass is 337 g/mol. The average molecular weight is 338 g/mol. The second-order valence-corrected chi connectivity index (χ2v) is 5.52. The molecule has 0 bridgehead atoms. The zero-order valence-electron chi connectivity index (χ0n) is 11.7. The van der Waals surface area contributed by atoms with E-state index in [-0.39, 0.29) is 11.9 Å². The van der Waals surface area contributed by atoms with E-state index in [1.54, 1.807) is 29.6 Å². The predicted molar refractivity (Wildman–Crippen MR) is 88.6 cm³/mol. The summed E-state index contributed by atoms with van der Waals surface area (Å²) < 4.78 is 0. The van der Waals surface area contributed by atoms with Crippen molar-refractivity contribution < 1.29 is 9.78 Å². The lowest BCUT2D eigenvalue weighted by molar-refractivity contribution is -0.357. The van der Waals surface area contributed by atoms with Gasteiger partial charge in [-0.2, -0.15) is 10.0 Å². The molecule has 0 saturated carbocycles. The molecule has 1 aromatic carbocycles. The van der Waals surface area contributed by atoms with Crippen molar-refractivity contribution in [3.05, 3.63) is 40.4 Å². The number of carbonyl (C=O) groups is 1. The van der Waals surface area contributed by atoms with Crippen LogP contribution in [0.15, 0.2) is 39.8 Å². The lowest BCUT2D eigenvalue weighted by Gasteiger charge is -2.09. The molecule has 0 saturated heterocycles. The molecule has 2 aromatic rings. The standard InChI is InChI=1S/C13H13ClN6OS/c1-8(21)20(11-4-2-3-9(14)5-11)13-18-10(7-22-13)6-17-19-12(15)16/h2-7H,1H3,(H4,15,16,19)/p+1/b17-6-. The Morgan fingerprint density at radius 3 is 2.86 bits per heavy atom. The molecule has 0 aliphatic rings. The number of hydrogen-bond acceptors (Lipinski definition) is 4. The number of nitrogens with two attached hydrogens (primary N) is 2. The second-order valence-electron chi connectivity index (χ2n) is 4.22. The van der Waals surface area contributed by atoms with Crippen LogP contribution in [-0.2, 0) is 4.79 Å². The topological polar surface area (TPSA) is 111 Å². The third-order valence-electron chi connectivity index (χ3n) is 2.50. The lowest BCUT2D eigenvalue weighted by atomic mass is 10.3. The highest BCUT2D eigenvalue weighted by atomic mass is 35.5. The number of anilines is 2. The molecule has 22 heavy (non-hydrogen) atoms. The third-order valence-corrected chi connectivity index (χ3v) is 3.62. The largest absolute Gasteiger partial charge is 0.369 e. The van der Waals surface area contributed by atoms with Gasteiger partial charge in [-0.3, -0.25) is 0 Å². The van der Waals surface area contributed by atoms with Gasteiger partial charge in [0.05, 0.1) is 6.21 Å². The third kappa shape index (κ3) is 4.03. The van der Waals surface area contributed by atoms with Gasteiger partial charge in [0.2, 0.25) is 5.96 Å². The van der Waals surface area contributed by atoms with E-state index in [9.17, 15) is 4.79 Å². The summed E-state index contributed by atoms with van der Waals surface area (Å²) in [6.07, 6.45) is 1.45. The van der Waals surface area contributed by atoms with Crippen molar-refractivity contribution in [1.82, 2.24) is 0 Å². The number of H-pyrrole nitrogens is 1. The quantitative estimate of drug-likeness (QED) is 0.501. The summed E-state index contributed by atoms with van der Waals surface area (Å²) >= 11 is 7.33. The van der Waals surface area contributed by atoms with E-state index in [0.29, 0.717) is 21.5 Å². The summed E-state index contributed by atoms with van der Waals surface area (Å²) in [5.41, 5.74) is 11.7. The normalized spacial score (nSPS) is 10.6. The van der Waals surface area contributed by atoms with E-state index in [0.717, 1.165) is 0 Å². The zero-order chi connectivity index (χ0) is 16.1. The molecule has 0 unspecified atom stereocenters. The van der Waals surface area contributed by atoms with Crippen LogP contribution >= 0.6 is 22.9 Å². The van der Waals surface area contributed by atoms with E-state index in [1.807, 2.05) is 0 Å². The molecular weight excluding hydrogens is 324 g/mol. The Kier molecular flexibility index (Phi) is 5.08. The fourth-order valence-electron chi connectivity index (χ4n) is 1.69. The summed E-state index contributed by atoms with van der Waals surface area (Å²) in [5, 5.41) is 10.2. The van der Waals surface area contributed by atoms with Gasteiger partial charge in [0, 0.05) is 23.4 Å². The molecule has 0 radical (unpaired) electrons. The molecule has 0 atom stereocenters. The van der Waals surface area contributed by atoms with Crippen LogP contribution in [0.5, 0.6) is 0 Å². The fourth-order valence-corrected chi connectivity index (χ4v) is 2.75. The van der Waals surface area contributed by atoms with Crippen LogP contribution in [0.25, 0.3) is 0 Å². The van der Waals surface area contributed by atoms with Crippen molar-refractivity contribution in [3.63, 3.8) is 0 Å². The van der Waals surface area contributed by atoms with Crippen molar-refractivity contribution in [2.24, 2.45) is 21.7 Å².